The number of aliphatic carboxylic acids is 2. The molecule has 0 radical (unpaired) electrons. The zero-order valence-corrected chi connectivity index (χ0v) is 24.0. The van der Waals surface area contributed by atoms with Crippen LogP contribution in [-0.4, -0.2) is 91.5 Å². The summed E-state index contributed by atoms with van der Waals surface area (Å²) in [6.45, 7) is 5.53. The molecule has 0 aromatic heterocycles. The number of carboxylic acid groups (broad SMARTS) is 2. The molecule has 1 heterocycles. The van der Waals surface area contributed by atoms with Crippen LogP contribution in [0.25, 0.3) is 6.08 Å². The summed E-state index contributed by atoms with van der Waals surface area (Å²) in [4.78, 5) is 20.2. The van der Waals surface area contributed by atoms with Crippen molar-refractivity contribution in [1.29, 1.82) is 0 Å². The van der Waals surface area contributed by atoms with Crippen molar-refractivity contribution in [1.82, 2.24) is 10.2 Å². The molecule has 0 amide bonds. The van der Waals surface area contributed by atoms with Crippen molar-refractivity contribution >= 4 is 27.9 Å². The van der Waals surface area contributed by atoms with E-state index in [1.807, 2.05) is 0 Å². The number of carbonyl (C=O) groups is 2. The van der Waals surface area contributed by atoms with E-state index in [1.165, 1.54) is 31.1 Å². The van der Waals surface area contributed by atoms with E-state index >= 15 is 0 Å². The molecule has 2 saturated carbocycles. The highest BCUT2D eigenvalue weighted by atomic mass is 32.2. The summed E-state index contributed by atoms with van der Waals surface area (Å²) < 4.78 is 85.9. The summed E-state index contributed by atoms with van der Waals surface area (Å²) in [5.74, 6) is -4.48. The van der Waals surface area contributed by atoms with Crippen LogP contribution < -0.4 is 5.32 Å². The number of alkyl halides is 6. The monoisotopic (exact) mass is 630 g/mol. The standard InChI is InChI=1S/C23H34N2O2S.2C2HF3O2/c1-3-19(12-18-8-5-4-6-9-18)21-13-22(21)24-20-14-23(15-20)16-25(17-23)10-7-11-28(2,26)27;2*3-2(4,5)1(6)7/h4-6,8-9,12,20-22,24H,3,7,10-11,13-17H2,1-2H3;2*(H,6,7)/b19-12+;;/t21-,22+;;/m0../s1. The SMILES string of the molecule is CC/C(=C\c1ccccc1)[C@@H]1C[C@H]1NC1CC2(C1)CN(CCCS(C)(=O)=O)C2.O=C(O)C(F)(F)F.O=C(O)C(F)(F)F. The molecule has 0 bridgehead atoms. The average molecular weight is 631 g/mol. The van der Waals surface area contributed by atoms with Crippen LogP contribution in [0.5, 0.6) is 0 Å². The maximum Gasteiger partial charge on any atom is 0.490 e. The molecule has 1 aliphatic heterocycles. The van der Waals surface area contributed by atoms with E-state index in [0.29, 0.717) is 23.3 Å². The van der Waals surface area contributed by atoms with Crippen molar-refractivity contribution in [2.45, 2.75) is 63.5 Å². The molecule has 1 saturated heterocycles. The molecule has 1 spiro atoms. The number of benzene rings is 1. The second kappa shape index (κ2) is 14.2. The van der Waals surface area contributed by atoms with E-state index in [0.717, 1.165) is 38.4 Å². The lowest BCUT2D eigenvalue weighted by molar-refractivity contribution is -0.193. The molecule has 2 atom stereocenters. The molecule has 2 aliphatic carbocycles. The number of halogens is 6. The highest BCUT2D eigenvalue weighted by molar-refractivity contribution is 7.90. The minimum absolute atomic E-state index is 0.319. The second-order valence-corrected chi connectivity index (χ2v) is 13.3. The summed E-state index contributed by atoms with van der Waals surface area (Å²) in [5.41, 5.74) is 3.43. The van der Waals surface area contributed by atoms with Crippen molar-refractivity contribution < 1.29 is 54.6 Å². The Bertz CT molecular complexity index is 1170. The van der Waals surface area contributed by atoms with E-state index in [2.05, 4.69) is 53.5 Å². The number of carboxylic acids is 2. The zero-order chi connectivity index (χ0) is 31.9. The Morgan fingerprint density at radius 3 is 1.95 bits per heavy atom. The van der Waals surface area contributed by atoms with Gasteiger partial charge in [0.25, 0.3) is 0 Å². The van der Waals surface area contributed by atoms with Crippen LogP contribution in [0.4, 0.5) is 26.3 Å². The summed E-state index contributed by atoms with van der Waals surface area (Å²) in [5, 5.41) is 18.2. The molecule has 3 N–H and O–H groups in total. The van der Waals surface area contributed by atoms with E-state index < -0.39 is 34.1 Å². The number of hydrogen-bond acceptors (Lipinski definition) is 6. The molecular weight excluding hydrogens is 594 g/mol. The molecule has 8 nitrogen and oxygen atoms in total. The van der Waals surface area contributed by atoms with Crippen LogP contribution >= 0.6 is 0 Å². The minimum Gasteiger partial charge on any atom is -0.475 e. The van der Waals surface area contributed by atoms with Gasteiger partial charge in [-0.2, -0.15) is 26.3 Å². The number of nitrogens with one attached hydrogen (secondary N) is 1. The number of sulfone groups is 1. The molecule has 1 aromatic rings. The Kier molecular flexibility index (Phi) is 12.0. The van der Waals surface area contributed by atoms with Crippen molar-refractivity contribution in [2.75, 3.05) is 31.6 Å². The van der Waals surface area contributed by atoms with Gasteiger partial charge >= 0.3 is 24.3 Å². The van der Waals surface area contributed by atoms with Gasteiger partial charge in [-0.05, 0) is 55.5 Å². The number of nitrogens with zero attached hydrogens (tertiary/aromatic N) is 1. The van der Waals surface area contributed by atoms with Gasteiger partial charge in [0, 0.05) is 31.4 Å². The van der Waals surface area contributed by atoms with Gasteiger partial charge in [-0.1, -0.05) is 48.9 Å². The third-order valence-electron chi connectivity index (χ3n) is 7.23. The first-order valence-electron chi connectivity index (χ1n) is 13.3. The van der Waals surface area contributed by atoms with Gasteiger partial charge < -0.3 is 20.4 Å². The number of likely N-dealkylation sites (tertiary alicyclic amines) is 1. The van der Waals surface area contributed by atoms with Crippen molar-refractivity contribution in [3.8, 4) is 0 Å². The van der Waals surface area contributed by atoms with Crippen molar-refractivity contribution in [3.63, 3.8) is 0 Å². The Morgan fingerprint density at radius 1 is 1.02 bits per heavy atom. The first-order valence-corrected chi connectivity index (χ1v) is 15.3. The Balaban J connectivity index is 0.000000367. The smallest absolute Gasteiger partial charge is 0.475 e. The lowest BCUT2D eigenvalue weighted by atomic mass is 9.60. The van der Waals surface area contributed by atoms with Crippen molar-refractivity contribution in [3.05, 3.63) is 41.5 Å². The van der Waals surface area contributed by atoms with E-state index in [-0.39, 0.29) is 0 Å². The molecular formula is C27H36F6N2O6S. The highest BCUT2D eigenvalue weighted by Gasteiger charge is 2.53. The summed E-state index contributed by atoms with van der Waals surface area (Å²) in [6, 6.07) is 12.0. The molecule has 15 heteroatoms. The van der Waals surface area contributed by atoms with Crippen LogP contribution in [0, 0.1) is 11.3 Å². The topological polar surface area (TPSA) is 124 Å². The van der Waals surface area contributed by atoms with Gasteiger partial charge in [-0.25, -0.2) is 18.0 Å². The second-order valence-electron chi connectivity index (χ2n) is 11.0. The van der Waals surface area contributed by atoms with E-state index in [4.69, 9.17) is 19.8 Å². The predicted molar refractivity (Wildman–Crippen MR) is 143 cm³/mol. The van der Waals surface area contributed by atoms with Gasteiger partial charge in [0.05, 0.1) is 5.75 Å². The predicted octanol–water partition coefficient (Wildman–Crippen LogP) is 4.62. The molecule has 0 unspecified atom stereocenters. The maximum atomic E-state index is 11.2. The van der Waals surface area contributed by atoms with Gasteiger partial charge in [0.2, 0.25) is 0 Å². The third kappa shape index (κ3) is 11.9. The van der Waals surface area contributed by atoms with Crippen molar-refractivity contribution in [2.24, 2.45) is 11.3 Å². The molecule has 4 rings (SSSR count). The fourth-order valence-corrected chi connectivity index (χ4v) is 5.95. The van der Waals surface area contributed by atoms with Gasteiger partial charge in [0.1, 0.15) is 9.84 Å². The van der Waals surface area contributed by atoms with Gasteiger partial charge in [-0.3, -0.25) is 0 Å². The summed E-state index contributed by atoms with van der Waals surface area (Å²) in [7, 11) is -2.82. The number of rotatable bonds is 9. The molecule has 42 heavy (non-hydrogen) atoms. The summed E-state index contributed by atoms with van der Waals surface area (Å²) >= 11 is 0. The van der Waals surface area contributed by atoms with Crippen LogP contribution in [0.1, 0.15) is 44.6 Å². The van der Waals surface area contributed by atoms with Crippen LogP contribution in [0.15, 0.2) is 35.9 Å². The fourth-order valence-electron chi connectivity index (χ4n) is 5.30. The lowest BCUT2D eigenvalue weighted by Gasteiger charge is -2.59. The Hall–Kier alpha value is -2.65. The van der Waals surface area contributed by atoms with E-state index in [9.17, 15) is 34.8 Å². The maximum absolute atomic E-state index is 11.2. The molecule has 1 aromatic carbocycles. The minimum atomic E-state index is -5.08. The van der Waals surface area contributed by atoms with E-state index in [1.54, 1.807) is 5.57 Å². The van der Waals surface area contributed by atoms with Crippen LogP contribution in [0.2, 0.25) is 0 Å². The fraction of sp³-hybridized carbons (Fsp3) is 0.630. The average Bonchev–Trinajstić information content (AvgIpc) is 3.58. The highest BCUT2D eigenvalue weighted by Crippen LogP contribution is 2.50. The van der Waals surface area contributed by atoms with Gasteiger partial charge in [0.15, 0.2) is 0 Å². The first kappa shape index (κ1) is 35.5. The summed E-state index contributed by atoms with van der Waals surface area (Å²) in [6.07, 6.45) is -0.673. The normalized spacial score (nSPS) is 22.0. The largest absolute Gasteiger partial charge is 0.490 e. The molecule has 238 valence electrons. The van der Waals surface area contributed by atoms with Crippen LogP contribution in [0.3, 0.4) is 0 Å². The quantitative estimate of drug-likeness (QED) is 0.338. The van der Waals surface area contributed by atoms with Gasteiger partial charge in [-0.15, -0.1) is 0 Å². The Labute approximate surface area is 240 Å². The zero-order valence-electron chi connectivity index (χ0n) is 23.2. The third-order valence-corrected chi connectivity index (χ3v) is 8.26. The molecule has 3 fully saturated rings. The first-order chi connectivity index (χ1) is 19.2. The molecule has 3 aliphatic rings. The number of hydrogen-bond donors (Lipinski definition) is 3. The lowest BCUT2D eigenvalue weighted by Crippen LogP contribution is -2.66. The van der Waals surface area contributed by atoms with Crippen LogP contribution in [-0.2, 0) is 19.4 Å². The Morgan fingerprint density at radius 2 is 1.52 bits per heavy atom.